The number of thiazole rings is 1. The van der Waals surface area contributed by atoms with E-state index in [9.17, 15) is 5.26 Å². The summed E-state index contributed by atoms with van der Waals surface area (Å²) in [6, 6.07) is 7.60. The summed E-state index contributed by atoms with van der Waals surface area (Å²) in [7, 11) is 3.19. The highest BCUT2D eigenvalue weighted by Crippen LogP contribution is 2.28. The van der Waals surface area contributed by atoms with Crippen molar-refractivity contribution < 1.29 is 9.47 Å². The van der Waals surface area contributed by atoms with E-state index in [0.29, 0.717) is 22.1 Å². The van der Waals surface area contributed by atoms with Crippen LogP contribution in [-0.2, 0) is 0 Å². The maximum Gasteiger partial charge on any atom is 0.133 e. The fourth-order valence-corrected chi connectivity index (χ4v) is 2.21. The summed E-state index contributed by atoms with van der Waals surface area (Å²) in [6.45, 7) is 0. The molecule has 0 amide bonds. The number of nitrogens with zero attached hydrogens (tertiary/aromatic N) is 2. The van der Waals surface area contributed by atoms with Gasteiger partial charge in [0, 0.05) is 17.1 Å². The molecule has 0 aliphatic rings. The SMILES string of the molecule is COc1ccc(OC)c(/C=C(\C#N)c2nccs2)c1. The molecule has 1 heterocycles. The summed E-state index contributed by atoms with van der Waals surface area (Å²) >= 11 is 1.42. The zero-order valence-electron chi connectivity index (χ0n) is 10.6. The average molecular weight is 272 g/mol. The average Bonchev–Trinajstić information content (AvgIpc) is 2.98. The van der Waals surface area contributed by atoms with E-state index in [1.54, 1.807) is 26.5 Å². The van der Waals surface area contributed by atoms with Gasteiger partial charge in [0.2, 0.25) is 0 Å². The van der Waals surface area contributed by atoms with E-state index in [4.69, 9.17) is 9.47 Å². The summed E-state index contributed by atoms with van der Waals surface area (Å²) in [6.07, 6.45) is 3.42. The molecule has 0 spiro atoms. The molecule has 0 atom stereocenters. The van der Waals surface area contributed by atoms with Gasteiger partial charge in [0.05, 0.1) is 19.8 Å². The maximum absolute atomic E-state index is 9.23. The topological polar surface area (TPSA) is 55.1 Å². The second kappa shape index (κ2) is 6.03. The third kappa shape index (κ3) is 2.92. The molecule has 2 rings (SSSR count). The molecule has 4 nitrogen and oxygen atoms in total. The Labute approximate surface area is 115 Å². The van der Waals surface area contributed by atoms with E-state index in [1.807, 2.05) is 23.6 Å². The Morgan fingerprint density at radius 2 is 2.21 bits per heavy atom. The third-order valence-corrected chi connectivity index (χ3v) is 3.33. The molecule has 96 valence electrons. The quantitative estimate of drug-likeness (QED) is 0.802. The number of rotatable bonds is 4. The molecule has 0 aliphatic heterocycles. The molecule has 19 heavy (non-hydrogen) atoms. The fraction of sp³-hybridized carbons (Fsp3) is 0.143. The van der Waals surface area contributed by atoms with Crippen LogP contribution in [0.3, 0.4) is 0 Å². The molecule has 0 unspecified atom stereocenters. The second-order valence-electron chi connectivity index (χ2n) is 3.61. The van der Waals surface area contributed by atoms with E-state index in [1.165, 1.54) is 11.3 Å². The largest absolute Gasteiger partial charge is 0.497 e. The minimum absolute atomic E-state index is 0.501. The van der Waals surface area contributed by atoms with Crippen molar-refractivity contribution >= 4 is 23.0 Å². The molecule has 0 aliphatic carbocycles. The first-order chi connectivity index (χ1) is 9.28. The van der Waals surface area contributed by atoms with Gasteiger partial charge in [-0.05, 0) is 24.3 Å². The van der Waals surface area contributed by atoms with Gasteiger partial charge in [-0.15, -0.1) is 11.3 Å². The fourth-order valence-electron chi connectivity index (χ4n) is 1.61. The summed E-state index contributed by atoms with van der Waals surface area (Å²) in [5.74, 6) is 1.40. The molecule has 0 saturated carbocycles. The van der Waals surface area contributed by atoms with Crippen molar-refractivity contribution in [1.82, 2.24) is 4.98 Å². The zero-order chi connectivity index (χ0) is 13.7. The van der Waals surface area contributed by atoms with E-state index < -0.39 is 0 Å². The van der Waals surface area contributed by atoms with Crippen LogP contribution >= 0.6 is 11.3 Å². The lowest BCUT2D eigenvalue weighted by Gasteiger charge is -2.07. The van der Waals surface area contributed by atoms with Crippen LogP contribution in [0.4, 0.5) is 0 Å². The number of hydrogen-bond donors (Lipinski definition) is 0. The van der Waals surface area contributed by atoms with Crippen molar-refractivity contribution in [3.8, 4) is 17.6 Å². The van der Waals surface area contributed by atoms with Crippen LogP contribution in [0.5, 0.6) is 11.5 Å². The summed E-state index contributed by atoms with van der Waals surface area (Å²) in [4.78, 5) is 4.14. The second-order valence-corrected chi connectivity index (χ2v) is 4.51. The van der Waals surface area contributed by atoms with Crippen LogP contribution in [0.25, 0.3) is 11.6 Å². The maximum atomic E-state index is 9.23. The number of benzene rings is 1. The van der Waals surface area contributed by atoms with Crippen molar-refractivity contribution in [3.63, 3.8) is 0 Å². The Kier molecular flexibility index (Phi) is 4.16. The molecule has 0 saturated heterocycles. The summed E-state index contributed by atoms with van der Waals surface area (Å²) in [5.41, 5.74) is 1.29. The minimum Gasteiger partial charge on any atom is -0.497 e. The third-order valence-electron chi connectivity index (χ3n) is 2.52. The first-order valence-corrected chi connectivity index (χ1v) is 6.40. The van der Waals surface area contributed by atoms with Gasteiger partial charge >= 0.3 is 0 Å². The number of aromatic nitrogens is 1. The van der Waals surface area contributed by atoms with Crippen molar-refractivity contribution in [2.45, 2.75) is 0 Å². The van der Waals surface area contributed by atoms with Gasteiger partial charge in [-0.1, -0.05) is 0 Å². The molecule has 0 bridgehead atoms. The standard InChI is InChI=1S/C14H12N2O2S/c1-17-12-3-4-13(18-2)10(8-12)7-11(9-15)14-16-5-6-19-14/h3-8H,1-2H3/b11-7+. The van der Waals surface area contributed by atoms with Gasteiger partial charge in [0.1, 0.15) is 22.6 Å². The minimum atomic E-state index is 0.501. The van der Waals surface area contributed by atoms with Gasteiger partial charge in [0.15, 0.2) is 0 Å². The lowest BCUT2D eigenvalue weighted by atomic mass is 10.1. The smallest absolute Gasteiger partial charge is 0.133 e. The highest BCUT2D eigenvalue weighted by molar-refractivity contribution is 7.10. The van der Waals surface area contributed by atoms with Gasteiger partial charge in [-0.2, -0.15) is 5.26 Å². The Morgan fingerprint density at radius 1 is 1.37 bits per heavy atom. The van der Waals surface area contributed by atoms with Crippen LogP contribution in [-0.4, -0.2) is 19.2 Å². The van der Waals surface area contributed by atoms with Gasteiger partial charge in [-0.25, -0.2) is 4.98 Å². The normalized spacial score (nSPS) is 10.9. The summed E-state index contributed by atoms with van der Waals surface area (Å²) in [5, 5.41) is 11.7. The van der Waals surface area contributed by atoms with Crippen LogP contribution < -0.4 is 9.47 Å². The lowest BCUT2D eigenvalue weighted by Crippen LogP contribution is -1.90. The molecule has 5 heteroatoms. The predicted molar refractivity (Wildman–Crippen MR) is 75.1 cm³/mol. The number of hydrogen-bond acceptors (Lipinski definition) is 5. The van der Waals surface area contributed by atoms with Crippen molar-refractivity contribution in [2.75, 3.05) is 14.2 Å². The highest BCUT2D eigenvalue weighted by Gasteiger charge is 2.08. The lowest BCUT2D eigenvalue weighted by molar-refractivity contribution is 0.402. The summed E-state index contributed by atoms with van der Waals surface area (Å²) < 4.78 is 10.5. The molecule has 0 radical (unpaired) electrons. The van der Waals surface area contributed by atoms with E-state index in [-0.39, 0.29) is 0 Å². The highest BCUT2D eigenvalue weighted by atomic mass is 32.1. The van der Waals surface area contributed by atoms with E-state index in [2.05, 4.69) is 11.1 Å². The number of allylic oxidation sites excluding steroid dienone is 1. The number of nitriles is 1. The van der Waals surface area contributed by atoms with E-state index in [0.717, 1.165) is 5.56 Å². The van der Waals surface area contributed by atoms with Crippen LogP contribution in [0, 0.1) is 11.3 Å². The molecular weight excluding hydrogens is 260 g/mol. The molecule has 0 fully saturated rings. The molecule has 2 aromatic rings. The first kappa shape index (κ1) is 13.1. The molecule has 1 aromatic heterocycles. The van der Waals surface area contributed by atoms with Crippen LogP contribution in [0.1, 0.15) is 10.6 Å². The number of ether oxygens (including phenoxy) is 2. The Balaban J connectivity index is 2.48. The first-order valence-electron chi connectivity index (χ1n) is 5.52. The van der Waals surface area contributed by atoms with Gasteiger partial charge in [0.25, 0.3) is 0 Å². The van der Waals surface area contributed by atoms with Gasteiger partial charge in [-0.3, -0.25) is 0 Å². The van der Waals surface area contributed by atoms with Crippen molar-refractivity contribution in [3.05, 3.63) is 40.3 Å². The Hall–Kier alpha value is -2.32. The monoisotopic (exact) mass is 272 g/mol. The van der Waals surface area contributed by atoms with Crippen LogP contribution in [0.2, 0.25) is 0 Å². The predicted octanol–water partition coefficient (Wildman–Crippen LogP) is 3.22. The van der Waals surface area contributed by atoms with Crippen molar-refractivity contribution in [1.29, 1.82) is 5.26 Å². The number of methoxy groups -OCH3 is 2. The Bertz CT molecular complexity index is 627. The van der Waals surface area contributed by atoms with Gasteiger partial charge < -0.3 is 9.47 Å². The molecule has 1 aromatic carbocycles. The van der Waals surface area contributed by atoms with Crippen LogP contribution in [0.15, 0.2) is 29.8 Å². The Morgan fingerprint density at radius 3 is 2.79 bits per heavy atom. The van der Waals surface area contributed by atoms with E-state index >= 15 is 0 Å². The molecular formula is C14H12N2O2S. The zero-order valence-corrected chi connectivity index (χ0v) is 11.4. The van der Waals surface area contributed by atoms with Crippen molar-refractivity contribution in [2.24, 2.45) is 0 Å². The molecule has 0 N–H and O–H groups in total.